The first-order valence-electron chi connectivity index (χ1n) is 9.37. The van der Waals surface area contributed by atoms with Gasteiger partial charge in [-0.1, -0.05) is 30.0 Å². The van der Waals surface area contributed by atoms with E-state index in [-0.39, 0.29) is 0 Å². The molecule has 0 aliphatic heterocycles. The lowest BCUT2D eigenvalue weighted by Crippen LogP contribution is -1.95. The first kappa shape index (κ1) is 18.7. The molecule has 3 heterocycles. The molecule has 0 N–H and O–H groups in total. The van der Waals surface area contributed by atoms with Gasteiger partial charge in [-0.2, -0.15) is 5.10 Å². The largest absolute Gasteiger partial charge is 0.274 e. The number of hydrogen-bond donors (Lipinski definition) is 0. The zero-order valence-electron chi connectivity index (χ0n) is 16.3. The Morgan fingerprint density at radius 2 is 1.80 bits per heavy atom. The zero-order valence-corrected chi connectivity index (χ0v) is 17.1. The molecule has 0 radical (unpaired) electrons. The van der Waals surface area contributed by atoms with E-state index in [9.17, 15) is 8.78 Å². The maximum Gasteiger partial charge on any atom is 0.196 e. The number of benzene rings is 2. The highest BCUT2D eigenvalue weighted by Gasteiger charge is 2.14. The molecular weight excluding hydrogens is 404 g/mol. The third kappa shape index (κ3) is 3.23. The van der Waals surface area contributed by atoms with Crippen LogP contribution in [0.2, 0.25) is 0 Å². The van der Waals surface area contributed by atoms with Crippen LogP contribution >= 0.6 is 11.8 Å². The molecule has 0 saturated heterocycles. The molecule has 0 aliphatic rings. The summed E-state index contributed by atoms with van der Waals surface area (Å²) < 4.78 is 30.6. The quantitative estimate of drug-likeness (QED) is 0.373. The smallest absolute Gasteiger partial charge is 0.196 e. The summed E-state index contributed by atoms with van der Waals surface area (Å²) in [5.74, 6) is -0.824. The van der Waals surface area contributed by atoms with Crippen molar-refractivity contribution in [2.75, 3.05) is 0 Å². The second-order valence-corrected chi connectivity index (χ2v) is 8.10. The maximum atomic E-state index is 13.9. The molecule has 0 unspecified atom stereocenters. The maximum absolute atomic E-state index is 13.9. The lowest BCUT2D eigenvalue weighted by Gasteiger charge is -2.03. The molecular formula is C22H17F2N5S. The van der Waals surface area contributed by atoms with Gasteiger partial charge in [-0.25, -0.2) is 13.3 Å². The predicted octanol–water partition coefficient (Wildman–Crippen LogP) is 5.23. The van der Waals surface area contributed by atoms with Crippen LogP contribution in [0.5, 0.6) is 0 Å². The van der Waals surface area contributed by atoms with Crippen molar-refractivity contribution in [2.24, 2.45) is 0 Å². The number of hydrogen-bond acceptors (Lipinski definition) is 4. The van der Waals surface area contributed by atoms with Crippen LogP contribution in [0, 0.1) is 25.5 Å². The Morgan fingerprint density at radius 3 is 2.60 bits per heavy atom. The van der Waals surface area contributed by atoms with Crippen LogP contribution in [0.1, 0.15) is 16.7 Å². The summed E-state index contributed by atoms with van der Waals surface area (Å²) in [7, 11) is 0. The molecule has 150 valence electrons. The van der Waals surface area contributed by atoms with E-state index < -0.39 is 11.6 Å². The van der Waals surface area contributed by atoms with Gasteiger partial charge >= 0.3 is 0 Å². The Bertz CT molecular complexity index is 1410. The van der Waals surface area contributed by atoms with E-state index in [4.69, 9.17) is 0 Å². The monoisotopic (exact) mass is 421 g/mol. The second kappa shape index (κ2) is 7.21. The number of aromatic nitrogens is 5. The van der Waals surface area contributed by atoms with Crippen LogP contribution in [-0.2, 0) is 5.75 Å². The molecule has 0 atom stereocenters. The first-order chi connectivity index (χ1) is 14.5. The van der Waals surface area contributed by atoms with Gasteiger partial charge in [-0.15, -0.1) is 10.2 Å². The minimum absolute atomic E-state index is 0.325. The van der Waals surface area contributed by atoms with Crippen LogP contribution in [0.4, 0.5) is 8.78 Å². The normalized spacial score (nSPS) is 11.6. The van der Waals surface area contributed by atoms with E-state index in [1.165, 1.54) is 35.0 Å². The fraction of sp³-hybridized carbons (Fsp3) is 0.136. The Kier molecular flexibility index (Phi) is 4.51. The Hall–Kier alpha value is -3.26. The van der Waals surface area contributed by atoms with Crippen molar-refractivity contribution < 1.29 is 8.78 Å². The van der Waals surface area contributed by atoms with Crippen molar-refractivity contribution in [3.63, 3.8) is 0 Å². The molecule has 5 aromatic rings. The second-order valence-electron chi connectivity index (χ2n) is 7.16. The summed E-state index contributed by atoms with van der Waals surface area (Å²) in [5, 5.41) is 13.9. The fourth-order valence-corrected chi connectivity index (χ4v) is 4.22. The lowest BCUT2D eigenvalue weighted by molar-refractivity contribution is 0.576. The van der Waals surface area contributed by atoms with Crippen LogP contribution < -0.4 is 0 Å². The van der Waals surface area contributed by atoms with Gasteiger partial charge in [0, 0.05) is 29.8 Å². The van der Waals surface area contributed by atoms with Gasteiger partial charge in [-0.05, 0) is 48.7 Å². The highest BCUT2D eigenvalue weighted by atomic mass is 32.2. The van der Waals surface area contributed by atoms with Crippen LogP contribution in [-0.4, -0.2) is 24.2 Å². The molecule has 8 heteroatoms. The van der Waals surface area contributed by atoms with Gasteiger partial charge in [0.2, 0.25) is 0 Å². The van der Waals surface area contributed by atoms with Gasteiger partial charge in [0.05, 0.1) is 5.69 Å². The van der Waals surface area contributed by atoms with Gasteiger partial charge < -0.3 is 0 Å². The molecule has 0 spiro atoms. The topological polar surface area (TPSA) is 47.5 Å². The van der Waals surface area contributed by atoms with Crippen molar-refractivity contribution in [2.45, 2.75) is 24.8 Å². The first-order valence-corrected chi connectivity index (χ1v) is 10.4. The van der Waals surface area contributed by atoms with E-state index in [0.717, 1.165) is 22.8 Å². The molecule has 30 heavy (non-hydrogen) atoms. The summed E-state index contributed by atoms with van der Waals surface area (Å²) in [4.78, 5) is 0. The molecule has 0 aliphatic carbocycles. The number of thioether (sulfide) groups is 1. The number of fused-ring (bicyclic) bond motifs is 3. The minimum Gasteiger partial charge on any atom is -0.274 e. The Labute approximate surface area is 175 Å². The SMILES string of the molecule is Cc1ccc(-c2cc3c4nnc(SCc5ccc(F)cc5F)n4ccn3n2)cc1C. The van der Waals surface area contributed by atoms with E-state index >= 15 is 0 Å². The summed E-state index contributed by atoms with van der Waals surface area (Å²) >= 11 is 1.34. The number of rotatable bonds is 4. The van der Waals surface area contributed by atoms with Crippen molar-refractivity contribution in [3.05, 3.63) is 83.2 Å². The molecule has 0 fully saturated rings. The third-order valence-corrected chi connectivity index (χ3v) is 6.15. The molecule has 3 aromatic heterocycles. The van der Waals surface area contributed by atoms with Gasteiger partial charge in [-0.3, -0.25) is 4.40 Å². The molecule has 0 saturated carbocycles. The van der Waals surface area contributed by atoms with E-state index in [2.05, 4.69) is 47.3 Å². The molecule has 0 bridgehead atoms. The van der Waals surface area contributed by atoms with Crippen molar-refractivity contribution in [3.8, 4) is 11.3 Å². The van der Waals surface area contributed by atoms with Gasteiger partial charge in [0.15, 0.2) is 10.8 Å². The predicted molar refractivity (Wildman–Crippen MR) is 113 cm³/mol. The zero-order chi connectivity index (χ0) is 20.8. The summed E-state index contributed by atoms with van der Waals surface area (Å²) in [5.41, 5.74) is 6.27. The molecule has 5 rings (SSSR count). The highest BCUT2D eigenvalue weighted by Crippen LogP contribution is 2.27. The third-order valence-electron chi connectivity index (χ3n) is 5.16. The van der Waals surface area contributed by atoms with Crippen LogP contribution in [0.3, 0.4) is 0 Å². The van der Waals surface area contributed by atoms with E-state index in [1.54, 1.807) is 4.52 Å². The fourth-order valence-electron chi connectivity index (χ4n) is 3.31. The van der Waals surface area contributed by atoms with E-state index in [1.807, 2.05) is 22.9 Å². The van der Waals surface area contributed by atoms with Crippen LogP contribution in [0.15, 0.2) is 60.0 Å². The summed E-state index contributed by atoms with van der Waals surface area (Å²) in [6.45, 7) is 4.17. The average molecular weight is 421 g/mol. The van der Waals surface area contributed by atoms with Gasteiger partial charge in [0.1, 0.15) is 17.2 Å². The van der Waals surface area contributed by atoms with Crippen molar-refractivity contribution in [1.82, 2.24) is 24.2 Å². The van der Waals surface area contributed by atoms with E-state index in [0.29, 0.717) is 22.1 Å². The van der Waals surface area contributed by atoms with Crippen molar-refractivity contribution in [1.29, 1.82) is 0 Å². The lowest BCUT2D eigenvalue weighted by atomic mass is 10.0. The standard InChI is InChI=1S/C22H17F2N5S/c1-13-3-4-15(9-14(13)2)19-11-20-21-25-26-22(28(21)7-8-29(20)27-19)30-12-16-5-6-17(23)10-18(16)24/h3-11H,12H2,1-2H3. The Balaban J connectivity index is 1.49. The van der Waals surface area contributed by atoms with Gasteiger partial charge in [0.25, 0.3) is 0 Å². The summed E-state index contributed by atoms with van der Waals surface area (Å²) in [6.07, 6.45) is 3.68. The Morgan fingerprint density at radius 1 is 0.933 bits per heavy atom. The average Bonchev–Trinajstić information content (AvgIpc) is 3.33. The number of aryl methyl sites for hydroxylation is 2. The molecule has 0 amide bonds. The number of nitrogens with zero attached hydrogens (tertiary/aromatic N) is 5. The summed E-state index contributed by atoms with van der Waals surface area (Å²) in [6, 6.07) is 11.9. The van der Waals surface area contributed by atoms with Crippen LogP contribution in [0.25, 0.3) is 22.4 Å². The number of halogens is 2. The highest BCUT2D eigenvalue weighted by molar-refractivity contribution is 7.98. The molecule has 2 aromatic carbocycles. The molecule has 5 nitrogen and oxygen atoms in total. The minimum atomic E-state index is -0.586. The van der Waals surface area contributed by atoms with Crippen molar-refractivity contribution >= 4 is 22.9 Å².